The van der Waals surface area contributed by atoms with Crippen LogP contribution in [0.4, 0.5) is 0 Å². The van der Waals surface area contributed by atoms with Crippen molar-refractivity contribution in [1.82, 2.24) is 14.8 Å². The van der Waals surface area contributed by atoms with Crippen molar-refractivity contribution in [3.8, 4) is 0 Å². The van der Waals surface area contributed by atoms with Crippen LogP contribution in [0.3, 0.4) is 0 Å². The van der Waals surface area contributed by atoms with Crippen LogP contribution in [0.25, 0.3) is 21.7 Å². The van der Waals surface area contributed by atoms with Crippen molar-refractivity contribution in [3.05, 3.63) is 84.1 Å². The zero-order valence-electron chi connectivity index (χ0n) is 15.6. The lowest BCUT2D eigenvalue weighted by atomic mass is 10.1. The van der Waals surface area contributed by atoms with E-state index in [2.05, 4.69) is 87.7 Å². The highest BCUT2D eigenvalue weighted by Gasteiger charge is 2.18. The van der Waals surface area contributed by atoms with E-state index >= 15 is 0 Å². The number of aromatic amines is 1. The first-order valence-electron chi connectivity index (χ1n) is 9.82. The maximum Gasteiger partial charge on any atom is 0.0457 e. The molecule has 5 rings (SSSR count). The number of benzene rings is 3. The van der Waals surface area contributed by atoms with Crippen LogP contribution in [0, 0.1) is 0 Å². The van der Waals surface area contributed by atoms with Gasteiger partial charge in [-0.05, 0) is 34.0 Å². The molecule has 0 aliphatic carbocycles. The Hall–Kier alpha value is -2.62. The maximum atomic E-state index is 3.40. The highest BCUT2D eigenvalue weighted by molar-refractivity contribution is 5.83. The van der Waals surface area contributed by atoms with Gasteiger partial charge in [-0.25, -0.2) is 0 Å². The molecular formula is C24H25N3. The summed E-state index contributed by atoms with van der Waals surface area (Å²) in [5, 5.41) is 4.02. The van der Waals surface area contributed by atoms with Crippen LogP contribution < -0.4 is 0 Å². The van der Waals surface area contributed by atoms with E-state index in [1.165, 1.54) is 32.8 Å². The van der Waals surface area contributed by atoms with Gasteiger partial charge in [0.05, 0.1) is 0 Å². The second kappa shape index (κ2) is 7.18. The van der Waals surface area contributed by atoms with Crippen molar-refractivity contribution < 1.29 is 0 Å². The van der Waals surface area contributed by atoms with E-state index < -0.39 is 0 Å². The zero-order chi connectivity index (χ0) is 18.1. The molecule has 1 N–H and O–H groups in total. The van der Waals surface area contributed by atoms with Crippen molar-refractivity contribution in [2.45, 2.75) is 13.1 Å². The SMILES string of the molecule is c1ccc2cc(CN3CCN(Cc4c[nH]c5ccccc45)CC3)ccc2c1. The molecule has 2 heterocycles. The van der Waals surface area contributed by atoms with Gasteiger partial charge in [0.15, 0.2) is 0 Å². The number of nitrogens with one attached hydrogen (secondary N) is 1. The summed E-state index contributed by atoms with van der Waals surface area (Å²) in [4.78, 5) is 8.55. The molecule has 4 aromatic rings. The van der Waals surface area contributed by atoms with Crippen LogP contribution in [-0.2, 0) is 13.1 Å². The first-order valence-corrected chi connectivity index (χ1v) is 9.82. The van der Waals surface area contributed by atoms with E-state index in [0.717, 1.165) is 39.3 Å². The molecule has 0 saturated carbocycles. The summed E-state index contributed by atoms with van der Waals surface area (Å²) in [6.45, 7) is 6.62. The fraction of sp³-hybridized carbons (Fsp3) is 0.250. The fourth-order valence-corrected chi connectivity index (χ4v) is 4.20. The van der Waals surface area contributed by atoms with Crippen LogP contribution in [0.2, 0.25) is 0 Å². The Morgan fingerprint density at radius 1 is 0.704 bits per heavy atom. The molecule has 27 heavy (non-hydrogen) atoms. The molecule has 1 saturated heterocycles. The molecule has 0 unspecified atom stereocenters. The number of rotatable bonds is 4. The Bertz CT molecular complexity index is 1060. The second-order valence-corrected chi connectivity index (χ2v) is 7.59. The van der Waals surface area contributed by atoms with Crippen LogP contribution in [0.15, 0.2) is 72.9 Å². The van der Waals surface area contributed by atoms with Gasteiger partial charge >= 0.3 is 0 Å². The minimum absolute atomic E-state index is 1.04. The lowest BCUT2D eigenvalue weighted by Crippen LogP contribution is -2.45. The zero-order valence-corrected chi connectivity index (χ0v) is 15.6. The molecule has 0 amide bonds. The number of piperazine rings is 1. The third-order valence-electron chi connectivity index (χ3n) is 5.75. The average molecular weight is 355 g/mol. The number of para-hydroxylation sites is 1. The van der Waals surface area contributed by atoms with Crippen LogP contribution in [-0.4, -0.2) is 41.0 Å². The molecular weight excluding hydrogens is 330 g/mol. The molecule has 1 aromatic heterocycles. The molecule has 0 bridgehead atoms. The first-order chi connectivity index (χ1) is 13.3. The van der Waals surface area contributed by atoms with E-state index in [1.54, 1.807) is 0 Å². The number of nitrogens with zero attached hydrogens (tertiary/aromatic N) is 2. The first kappa shape index (κ1) is 16.5. The van der Waals surface area contributed by atoms with Crippen molar-refractivity contribution in [1.29, 1.82) is 0 Å². The summed E-state index contributed by atoms with van der Waals surface area (Å²) >= 11 is 0. The van der Waals surface area contributed by atoms with Gasteiger partial charge in [0.1, 0.15) is 0 Å². The smallest absolute Gasteiger partial charge is 0.0457 e. The summed E-state index contributed by atoms with van der Waals surface area (Å²) < 4.78 is 0. The molecule has 1 aliphatic heterocycles. The average Bonchev–Trinajstić information content (AvgIpc) is 3.12. The van der Waals surface area contributed by atoms with Gasteiger partial charge in [-0.15, -0.1) is 0 Å². The predicted octanol–water partition coefficient (Wildman–Crippen LogP) is 4.64. The normalized spacial score (nSPS) is 16.3. The molecule has 3 heteroatoms. The van der Waals surface area contributed by atoms with Crippen molar-refractivity contribution >= 4 is 21.7 Å². The molecule has 1 aliphatic rings. The number of aromatic nitrogens is 1. The summed E-state index contributed by atoms with van der Waals surface area (Å²) in [7, 11) is 0. The highest BCUT2D eigenvalue weighted by Crippen LogP contribution is 2.21. The number of fused-ring (bicyclic) bond motifs is 2. The maximum absolute atomic E-state index is 3.40. The van der Waals surface area contributed by atoms with Gasteiger partial charge in [0.25, 0.3) is 0 Å². The third kappa shape index (κ3) is 3.48. The molecule has 0 atom stereocenters. The Labute approximate surface area is 160 Å². The van der Waals surface area contributed by atoms with E-state index in [9.17, 15) is 0 Å². The lowest BCUT2D eigenvalue weighted by Gasteiger charge is -2.34. The van der Waals surface area contributed by atoms with E-state index in [1.807, 2.05) is 0 Å². The number of hydrogen-bond donors (Lipinski definition) is 1. The van der Waals surface area contributed by atoms with Gasteiger partial charge in [-0.2, -0.15) is 0 Å². The van der Waals surface area contributed by atoms with E-state index in [0.29, 0.717) is 0 Å². The van der Waals surface area contributed by atoms with Gasteiger partial charge in [-0.3, -0.25) is 9.80 Å². The minimum Gasteiger partial charge on any atom is -0.361 e. The third-order valence-corrected chi connectivity index (χ3v) is 5.75. The standard InChI is InChI=1S/C24H25N3/c1-2-6-21-15-19(9-10-20(21)5-1)17-26-11-13-27(14-12-26)18-22-16-25-24-8-4-3-7-23(22)24/h1-10,15-16,25H,11-14,17-18H2. The van der Waals surface area contributed by atoms with Gasteiger partial charge in [0.2, 0.25) is 0 Å². The molecule has 1 fully saturated rings. The molecule has 3 aromatic carbocycles. The van der Waals surface area contributed by atoms with Crippen LogP contribution in [0.1, 0.15) is 11.1 Å². The number of H-pyrrole nitrogens is 1. The minimum atomic E-state index is 1.04. The van der Waals surface area contributed by atoms with Gasteiger partial charge < -0.3 is 4.98 Å². The predicted molar refractivity (Wildman–Crippen MR) is 113 cm³/mol. The fourth-order valence-electron chi connectivity index (χ4n) is 4.20. The number of hydrogen-bond acceptors (Lipinski definition) is 2. The Morgan fingerprint density at radius 2 is 1.41 bits per heavy atom. The lowest BCUT2D eigenvalue weighted by molar-refractivity contribution is 0.122. The summed E-state index contributed by atoms with van der Waals surface area (Å²) in [5.74, 6) is 0. The van der Waals surface area contributed by atoms with Gasteiger partial charge in [0, 0.05) is 56.4 Å². The Kier molecular flexibility index (Phi) is 4.40. The Balaban J connectivity index is 1.21. The molecule has 136 valence electrons. The summed E-state index contributed by atoms with van der Waals surface area (Å²) in [6.07, 6.45) is 2.17. The quantitative estimate of drug-likeness (QED) is 0.576. The van der Waals surface area contributed by atoms with Crippen LogP contribution >= 0.6 is 0 Å². The van der Waals surface area contributed by atoms with Crippen molar-refractivity contribution in [2.24, 2.45) is 0 Å². The monoisotopic (exact) mass is 355 g/mol. The summed E-state index contributed by atoms with van der Waals surface area (Å²) in [6, 6.07) is 24.1. The van der Waals surface area contributed by atoms with E-state index in [-0.39, 0.29) is 0 Å². The molecule has 0 radical (unpaired) electrons. The second-order valence-electron chi connectivity index (χ2n) is 7.59. The van der Waals surface area contributed by atoms with Gasteiger partial charge in [-0.1, -0.05) is 54.6 Å². The van der Waals surface area contributed by atoms with Crippen molar-refractivity contribution in [2.75, 3.05) is 26.2 Å². The highest BCUT2D eigenvalue weighted by atomic mass is 15.3. The van der Waals surface area contributed by atoms with Crippen LogP contribution in [0.5, 0.6) is 0 Å². The van der Waals surface area contributed by atoms with E-state index in [4.69, 9.17) is 0 Å². The van der Waals surface area contributed by atoms with Crippen molar-refractivity contribution in [3.63, 3.8) is 0 Å². The summed E-state index contributed by atoms with van der Waals surface area (Å²) in [5.41, 5.74) is 4.06. The largest absolute Gasteiger partial charge is 0.361 e. The topological polar surface area (TPSA) is 22.3 Å². The molecule has 3 nitrogen and oxygen atoms in total. The Morgan fingerprint density at radius 3 is 2.26 bits per heavy atom. The molecule has 0 spiro atoms.